The van der Waals surface area contributed by atoms with Crippen LogP contribution in [-0.4, -0.2) is 32.9 Å². The Morgan fingerprint density at radius 3 is 2.56 bits per heavy atom. The van der Waals surface area contributed by atoms with Crippen LogP contribution in [0.4, 0.5) is 4.39 Å². The Bertz CT molecular complexity index is 862. The van der Waals surface area contributed by atoms with Crippen molar-refractivity contribution in [1.82, 2.24) is 19.9 Å². The molecule has 1 fully saturated rings. The SMILES string of the molecule is Cc1cc(-c2nccs2)nc(C2CCN(Cc3ccc(F)cc3)CC2)n1.Cl. The van der Waals surface area contributed by atoms with Gasteiger partial charge in [-0.3, -0.25) is 4.90 Å². The van der Waals surface area contributed by atoms with E-state index in [2.05, 4.69) is 9.88 Å². The summed E-state index contributed by atoms with van der Waals surface area (Å²) in [6.45, 7) is 4.90. The second kappa shape index (κ2) is 8.87. The molecule has 2 aromatic heterocycles. The number of aryl methyl sites for hydroxylation is 1. The molecule has 1 aromatic carbocycles. The number of halogens is 2. The van der Waals surface area contributed by atoms with E-state index in [1.165, 1.54) is 12.1 Å². The molecule has 0 atom stereocenters. The van der Waals surface area contributed by atoms with Gasteiger partial charge >= 0.3 is 0 Å². The van der Waals surface area contributed by atoms with E-state index in [9.17, 15) is 4.39 Å². The van der Waals surface area contributed by atoms with Crippen LogP contribution < -0.4 is 0 Å². The zero-order valence-corrected chi connectivity index (χ0v) is 16.8. The smallest absolute Gasteiger partial charge is 0.141 e. The fourth-order valence-corrected chi connectivity index (χ4v) is 4.03. The highest BCUT2D eigenvalue weighted by atomic mass is 35.5. The highest BCUT2D eigenvalue weighted by Crippen LogP contribution is 2.29. The van der Waals surface area contributed by atoms with Gasteiger partial charge in [0, 0.05) is 29.7 Å². The lowest BCUT2D eigenvalue weighted by molar-refractivity contribution is 0.201. The van der Waals surface area contributed by atoms with Crippen LogP contribution in [0.3, 0.4) is 0 Å². The Balaban J connectivity index is 0.00000210. The molecular formula is C20H22ClFN4S. The summed E-state index contributed by atoms with van der Waals surface area (Å²) in [4.78, 5) is 16.3. The number of benzene rings is 1. The molecule has 0 spiro atoms. The Hall–Kier alpha value is -1.89. The Labute approximate surface area is 168 Å². The van der Waals surface area contributed by atoms with Crippen LogP contribution in [-0.2, 0) is 6.54 Å². The lowest BCUT2D eigenvalue weighted by atomic mass is 9.95. The molecule has 0 bridgehead atoms. The molecule has 7 heteroatoms. The van der Waals surface area contributed by atoms with Crippen molar-refractivity contribution in [2.45, 2.75) is 32.2 Å². The topological polar surface area (TPSA) is 41.9 Å². The maximum atomic E-state index is 13.0. The van der Waals surface area contributed by atoms with Crippen LogP contribution in [0.15, 0.2) is 41.9 Å². The molecule has 4 rings (SSSR count). The van der Waals surface area contributed by atoms with Crippen molar-refractivity contribution in [2.24, 2.45) is 0 Å². The minimum absolute atomic E-state index is 0. The van der Waals surface area contributed by atoms with Gasteiger partial charge in [0.15, 0.2) is 0 Å². The van der Waals surface area contributed by atoms with Crippen LogP contribution in [0.2, 0.25) is 0 Å². The van der Waals surface area contributed by atoms with Crippen LogP contribution in [0.25, 0.3) is 10.7 Å². The second-order valence-electron chi connectivity index (χ2n) is 6.77. The van der Waals surface area contributed by atoms with Crippen molar-refractivity contribution in [3.05, 3.63) is 64.8 Å². The number of aromatic nitrogens is 3. The average Bonchev–Trinajstić information content (AvgIpc) is 3.19. The van der Waals surface area contributed by atoms with Gasteiger partial charge in [0.05, 0.1) is 0 Å². The fourth-order valence-electron chi connectivity index (χ4n) is 3.43. The van der Waals surface area contributed by atoms with Gasteiger partial charge in [-0.25, -0.2) is 19.3 Å². The average molecular weight is 405 g/mol. The van der Waals surface area contributed by atoms with Crippen LogP contribution in [0.5, 0.6) is 0 Å². The summed E-state index contributed by atoms with van der Waals surface area (Å²) in [6.07, 6.45) is 3.90. The molecule has 1 aliphatic rings. The van der Waals surface area contributed by atoms with Crippen LogP contribution in [0, 0.1) is 12.7 Å². The van der Waals surface area contributed by atoms with Gasteiger partial charge in [0.2, 0.25) is 0 Å². The predicted octanol–water partition coefficient (Wildman–Crippen LogP) is 4.85. The minimum Gasteiger partial charge on any atom is -0.299 e. The van der Waals surface area contributed by atoms with Crippen molar-refractivity contribution in [3.63, 3.8) is 0 Å². The number of hydrogen-bond acceptors (Lipinski definition) is 5. The summed E-state index contributed by atoms with van der Waals surface area (Å²) in [5.74, 6) is 1.15. The summed E-state index contributed by atoms with van der Waals surface area (Å²) >= 11 is 1.61. The van der Waals surface area contributed by atoms with Gasteiger partial charge in [0.25, 0.3) is 0 Å². The molecule has 27 heavy (non-hydrogen) atoms. The number of hydrogen-bond donors (Lipinski definition) is 0. The molecule has 0 aliphatic carbocycles. The second-order valence-corrected chi connectivity index (χ2v) is 7.66. The first-order valence-electron chi connectivity index (χ1n) is 8.89. The minimum atomic E-state index is -0.180. The van der Waals surface area contributed by atoms with Gasteiger partial charge in [-0.05, 0) is 56.6 Å². The Kier molecular flexibility index (Phi) is 6.52. The van der Waals surface area contributed by atoms with Crippen molar-refractivity contribution in [1.29, 1.82) is 0 Å². The van der Waals surface area contributed by atoms with Crippen molar-refractivity contribution in [2.75, 3.05) is 13.1 Å². The van der Waals surface area contributed by atoms with E-state index in [-0.39, 0.29) is 18.2 Å². The van der Waals surface area contributed by atoms with Crippen LogP contribution >= 0.6 is 23.7 Å². The molecule has 0 radical (unpaired) electrons. The normalized spacial score (nSPS) is 15.5. The Morgan fingerprint density at radius 1 is 1.15 bits per heavy atom. The van der Waals surface area contributed by atoms with Gasteiger partial charge in [-0.1, -0.05) is 12.1 Å². The largest absolute Gasteiger partial charge is 0.299 e. The van der Waals surface area contributed by atoms with E-state index in [0.717, 1.165) is 60.3 Å². The molecule has 3 aromatic rings. The quantitative estimate of drug-likeness (QED) is 0.623. The first-order valence-corrected chi connectivity index (χ1v) is 9.77. The molecule has 4 nitrogen and oxygen atoms in total. The first kappa shape index (κ1) is 19.9. The van der Waals surface area contributed by atoms with E-state index in [1.807, 2.05) is 36.7 Å². The predicted molar refractivity (Wildman–Crippen MR) is 109 cm³/mol. The molecule has 1 saturated heterocycles. The summed E-state index contributed by atoms with van der Waals surface area (Å²) < 4.78 is 13.0. The maximum absolute atomic E-state index is 13.0. The summed E-state index contributed by atoms with van der Waals surface area (Å²) in [5, 5.41) is 2.92. The molecular weight excluding hydrogens is 383 g/mol. The zero-order chi connectivity index (χ0) is 17.9. The molecule has 0 unspecified atom stereocenters. The van der Waals surface area contributed by atoms with E-state index in [0.29, 0.717) is 5.92 Å². The van der Waals surface area contributed by atoms with Crippen LogP contribution in [0.1, 0.15) is 35.8 Å². The first-order chi connectivity index (χ1) is 12.7. The standard InChI is InChI=1S/C20H21FN4S.ClH/c1-14-12-18(20-22-8-11-26-20)24-19(23-14)16-6-9-25(10-7-16)13-15-2-4-17(21)5-3-15;/h2-5,8,11-12,16H,6-7,9-10,13H2,1H3;1H. The van der Waals surface area contributed by atoms with E-state index in [1.54, 1.807) is 11.3 Å². The highest BCUT2D eigenvalue weighted by Gasteiger charge is 2.23. The van der Waals surface area contributed by atoms with Gasteiger partial charge in [0.1, 0.15) is 22.3 Å². The molecule has 3 heterocycles. The summed E-state index contributed by atoms with van der Waals surface area (Å²) in [7, 11) is 0. The lowest BCUT2D eigenvalue weighted by Crippen LogP contribution is -2.33. The van der Waals surface area contributed by atoms with Gasteiger partial charge < -0.3 is 0 Å². The Morgan fingerprint density at radius 2 is 1.89 bits per heavy atom. The molecule has 142 valence electrons. The van der Waals surface area contributed by atoms with Crippen molar-refractivity contribution < 1.29 is 4.39 Å². The third-order valence-corrected chi connectivity index (χ3v) is 5.59. The summed E-state index contributed by atoms with van der Waals surface area (Å²) in [5.41, 5.74) is 3.08. The monoisotopic (exact) mass is 404 g/mol. The van der Waals surface area contributed by atoms with E-state index in [4.69, 9.17) is 9.97 Å². The molecule has 0 N–H and O–H groups in total. The number of likely N-dealkylation sites (tertiary alicyclic amines) is 1. The van der Waals surface area contributed by atoms with E-state index >= 15 is 0 Å². The third-order valence-electron chi connectivity index (χ3n) is 4.80. The van der Waals surface area contributed by atoms with Crippen molar-refractivity contribution >= 4 is 23.7 Å². The van der Waals surface area contributed by atoms with Crippen molar-refractivity contribution in [3.8, 4) is 10.7 Å². The lowest BCUT2D eigenvalue weighted by Gasteiger charge is -2.31. The number of thiazole rings is 1. The fraction of sp³-hybridized carbons (Fsp3) is 0.350. The number of nitrogens with zero attached hydrogens (tertiary/aromatic N) is 4. The van der Waals surface area contributed by atoms with Gasteiger partial charge in [-0.2, -0.15) is 0 Å². The van der Waals surface area contributed by atoms with Gasteiger partial charge in [-0.15, -0.1) is 23.7 Å². The highest BCUT2D eigenvalue weighted by molar-refractivity contribution is 7.13. The number of rotatable bonds is 4. The number of piperidine rings is 1. The van der Waals surface area contributed by atoms with E-state index < -0.39 is 0 Å². The molecule has 0 amide bonds. The summed E-state index contributed by atoms with van der Waals surface area (Å²) in [6, 6.07) is 8.80. The maximum Gasteiger partial charge on any atom is 0.141 e. The molecule has 0 saturated carbocycles. The third kappa shape index (κ3) is 4.89. The zero-order valence-electron chi connectivity index (χ0n) is 15.1. The molecule has 1 aliphatic heterocycles.